The van der Waals surface area contributed by atoms with Gasteiger partial charge in [-0.15, -0.1) is 0 Å². The molecule has 0 aromatic rings. The number of esters is 2. The van der Waals surface area contributed by atoms with Gasteiger partial charge in [0.15, 0.2) is 6.10 Å². The maximum absolute atomic E-state index is 12.4. The van der Waals surface area contributed by atoms with Gasteiger partial charge < -0.3 is 24.4 Å². The number of rotatable bonds is 36. The van der Waals surface area contributed by atoms with Gasteiger partial charge in [0.05, 0.1) is 12.7 Å². The monoisotopic (exact) mass is 788 g/mol. The number of ether oxygens (including phenoxy) is 2. The number of aliphatic hydroxyl groups is 1. The minimum absolute atomic E-state index is 0.149. The molecule has 0 saturated heterocycles. The minimum atomic E-state index is -4.79. The molecule has 0 bridgehead atoms. The van der Waals surface area contributed by atoms with Crippen molar-refractivity contribution in [2.75, 3.05) is 13.2 Å². The highest BCUT2D eigenvalue weighted by Gasteiger charge is 2.22. The van der Waals surface area contributed by atoms with Gasteiger partial charge >= 0.3 is 19.8 Å². The Morgan fingerprint density at radius 1 is 0.545 bits per heavy atom. The molecular weight excluding hydrogens is 715 g/mol. The summed E-state index contributed by atoms with van der Waals surface area (Å²) in [5.41, 5.74) is 0. The zero-order valence-electron chi connectivity index (χ0n) is 33.9. The summed E-state index contributed by atoms with van der Waals surface area (Å²) in [5, 5.41) is 9.79. The van der Waals surface area contributed by atoms with Crippen LogP contribution in [0.2, 0.25) is 0 Å². The van der Waals surface area contributed by atoms with Gasteiger partial charge in [0.1, 0.15) is 6.61 Å². The molecule has 55 heavy (non-hydrogen) atoms. The Balaban J connectivity index is 4.15. The van der Waals surface area contributed by atoms with E-state index in [4.69, 9.17) is 19.3 Å². The number of hydrogen-bond acceptors (Lipinski definition) is 7. The molecule has 0 heterocycles. The van der Waals surface area contributed by atoms with E-state index in [1.165, 1.54) is 25.7 Å². The summed E-state index contributed by atoms with van der Waals surface area (Å²) in [6, 6.07) is 0. The largest absolute Gasteiger partial charge is 0.469 e. The molecule has 0 aromatic heterocycles. The first-order chi connectivity index (χ1) is 26.7. The molecule has 0 fully saturated rings. The van der Waals surface area contributed by atoms with Gasteiger partial charge in [-0.25, -0.2) is 4.57 Å². The van der Waals surface area contributed by atoms with Crippen LogP contribution in [0.4, 0.5) is 0 Å². The third-order valence-electron chi connectivity index (χ3n) is 8.15. The van der Waals surface area contributed by atoms with E-state index in [-0.39, 0.29) is 25.6 Å². The van der Waals surface area contributed by atoms with Crippen molar-refractivity contribution >= 4 is 19.8 Å². The van der Waals surface area contributed by atoms with Crippen LogP contribution in [0.25, 0.3) is 0 Å². The predicted molar refractivity (Wildman–Crippen MR) is 226 cm³/mol. The number of phosphoric acid groups is 1. The molecular formula is C45H73O9P. The van der Waals surface area contributed by atoms with Crippen molar-refractivity contribution in [2.45, 2.75) is 161 Å². The Kier molecular flexibility index (Phi) is 37.0. The molecule has 312 valence electrons. The highest BCUT2D eigenvalue weighted by Crippen LogP contribution is 2.36. The Labute approximate surface area is 333 Å². The average molecular weight is 789 g/mol. The predicted octanol–water partition coefficient (Wildman–Crippen LogP) is 11.6. The van der Waals surface area contributed by atoms with E-state index < -0.39 is 32.5 Å². The average Bonchev–Trinajstić information content (AvgIpc) is 3.15. The lowest BCUT2D eigenvalue weighted by molar-refractivity contribution is -0.161. The summed E-state index contributed by atoms with van der Waals surface area (Å²) in [7, 11) is -4.79. The molecule has 0 aliphatic carbocycles. The number of phosphoric ester groups is 1. The molecule has 0 aliphatic heterocycles. The van der Waals surface area contributed by atoms with Gasteiger partial charge in [0.2, 0.25) is 0 Å². The number of carbonyl (C=O) groups is 2. The number of aliphatic hydroxyl groups excluding tert-OH is 1. The third-order valence-corrected chi connectivity index (χ3v) is 8.63. The van der Waals surface area contributed by atoms with Crippen LogP contribution < -0.4 is 0 Å². The van der Waals surface area contributed by atoms with E-state index in [1.54, 1.807) is 0 Å². The summed E-state index contributed by atoms with van der Waals surface area (Å²) in [4.78, 5) is 42.8. The van der Waals surface area contributed by atoms with E-state index >= 15 is 0 Å². The summed E-state index contributed by atoms with van der Waals surface area (Å²) in [6.07, 6.45) is 50.3. The molecule has 0 amide bonds. The second-order valence-electron chi connectivity index (χ2n) is 13.4. The van der Waals surface area contributed by atoms with E-state index in [9.17, 15) is 19.3 Å². The number of allylic oxidation sites excluding steroid dienone is 15. The third kappa shape index (κ3) is 41.9. The van der Waals surface area contributed by atoms with Gasteiger partial charge in [-0.3, -0.25) is 14.1 Å². The summed E-state index contributed by atoms with van der Waals surface area (Å²) in [5.74, 6) is -1.02. The lowest BCUT2D eigenvalue weighted by Gasteiger charge is -2.18. The zero-order valence-corrected chi connectivity index (χ0v) is 34.8. The van der Waals surface area contributed by atoms with Gasteiger partial charge in [0, 0.05) is 12.8 Å². The first-order valence-electron chi connectivity index (χ1n) is 20.6. The zero-order chi connectivity index (χ0) is 40.5. The Morgan fingerprint density at radius 2 is 1.00 bits per heavy atom. The molecule has 0 spiro atoms. The first kappa shape index (κ1) is 51.9. The van der Waals surface area contributed by atoms with Crippen LogP contribution in [0, 0.1) is 0 Å². The van der Waals surface area contributed by atoms with Crippen LogP contribution in [-0.2, 0) is 28.2 Å². The van der Waals surface area contributed by atoms with Crippen LogP contribution in [0.5, 0.6) is 0 Å². The topological polar surface area (TPSA) is 140 Å². The molecule has 0 unspecified atom stereocenters. The van der Waals surface area contributed by atoms with E-state index in [2.05, 4.69) is 91.3 Å². The molecule has 0 saturated carbocycles. The fourth-order valence-corrected chi connectivity index (χ4v) is 5.37. The Bertz CT molecular complexity index is 1220. The fourth-order valence-electron chi connectivity index (χ4n) is 5.01. The maximum atomic E-state index is 12.4. The van der Waals surface area contributed by atoms with E-state index in [0.717, 1.165) is 77.0 Å². The summed E-state index contributed by atoms with van der Waals surface area (Å²) in [6.45, 7) is 3.41. The van der Waals surface area contributed by atoms with Gasteiger partial charge in [-0.1, -0.05) is 143 Å². The second kappa shape index (κ2) is 39.2. The molecule has 0 radical (unpaired) electrons. The van der Waals surface area contributed by atoms with Crippen molar-refractivity contribution in [1.29, 1.82) is 0 Å². The SMILES string of the molecule is CCCCC/C=C\C/C=C\C/C=C\C/C=C\CCCCCC(=O)O[C@H](COC(=O)CCC/C=C\C/C=C\C/C=C\C/C=C\[C@@H](O)CCCC)COP(=O)(O)O. The van der Waals surface area contributed by atoms with Crippen molar-refractivity contribution < 1.29 is 43.0 Å². The fraction of sp³-hybridized carbons (Fsp3) is 0.600. The quantitative estimate of drug-likeness (QED) is 0.0245. The smallest absolute Gasteiger partial charge is 0.462 e. The molecule has 10 heteroatoms. The molecule has 2 atom stereocenters. The van der Waals surface area contributed by atoms with Crippen molar-refractivity contribution in [3.8, 4) is 0 Å². The lowest BCUT2D eigenvalue weighted by atomic mass is 10.1. The van der Waals surface area contributed by atoms with Crippen LogP contribution in [0.3, 0.4) is 0 Å². The molecule has 0 aromatic carbocycles. The van der Waals surface area contributed by atoms with Crippen LogP contribution in [-0.4, -0.2) is 52.3 Å². The van der Waals surface area contributed by atoms with Crippen LogP contribution in [0.15, 0.2) is 97.2 Å². The van der Waals surface area contributed by atoms with Gasteiger partial charge in [-0.05, 0) is 89.9 Å². The van der Waals surface area contributed by atoms with Crippen molar-refractivity contribution in [3.05, 3.63) is 97.2 Å². The van der Waals surface area contributed by atoms with Gasteiger partial charge in [-0.2, -0.15) is 0 Å². The summed E-state index contributed by atoms with van der Waals surface area (Å²) >= 11 is 0. The highest BCUT2D eigenvalue weighted by molar-refractivity contribution is 7.46. The lowest BCUT2D eigenvalue weighted by Crippen LogP contribution is -2.29. The summed E-state index contributed by atoms with van der Waals surface area (Å²) < 4.78 is 26.3. The Hall–Kier alpha value is -3.07. The molecule has 0 rings (SSSR count). The minimum Gasteiger partial charge on any atom is -0.462 e. The van der Waals surface area contributed by atoms with Crippen molar-refractivity contribution in [1.82, 2.24) is 0 Å². The Morgan fingerprint density at radius 3 is 1.51 bits per heavy atom. The standard InChI is InChI=1S/C45H73O9P/c1-3-5-7-8-9-10-11-12-13-14-15-16-17-18-23-26-29-32-35-39-45(48)54-43(41-53-55(49,50)51)40-52-44(47)38-34-31-28-25-22-20-19-21-24-27-30-33-37-42(46)36-6-4-2/h9-10,12-13,15-16,18-20,23-25,27-28,33,37,42-43,46H,3-8,11,14,17,21-22,26,29-32,34-36,38-41H2,1-2H3,(H2,49,50,51)/b10-9-,13-12-,16-15-,20-19-,23-18-,27-24-,28-25-,37-33-/t42-,43+/m0/s1. The van der Waals surface area contributed by atoms with Crippen LogP contribution in [0.1, 0.15) is 149 Å². The number of unbranched alkanes of at least 4 members (excludes halogenated alkanes) is 8. The van der Waals surface area contributed by atoms with Crippen LogP contribution >= 0.6 is 7.82 Å². The maximum Gasteiger partial charge on any atom is 0.469 e. The first-order valence-corrected chi connectivity index (χ1v) is 22.2. The van der Waals surface area contributed by atoms with Crippen molar-refractivity contribution in [2.24, 2.45) is 0 Å². The highest BCUT2D eigenvalue weighted by atomic mass is 31.2. The normalized spacial score (nSPS) is 14.1. The van der Waals surface area contributed by atoms with Gasteiger partial charge in [0.25, 0.3) is 0 Å². The second-order valence-corrected chi connectivity index (χ2v) is 14.7. The molecule has 3 N–H and O–H groups in total. The number of carbonyl (C=O) groups excluding carboxylic acids is 2. The molecule has 0 aliphatic rings. The van der Waals surface area contributed by atoms with E-state index in [0.29, 0.717) is 19.3 Å². The molecule has 9 nitrogen and oxygen atoms in total. The van der Waals surface area contributed by atoms with Crippen molar-refractivity contribution in [3.63, 3.8) is 0 Å². The van der Waals surface area contributed by atoms with E-state index in [1.807, 2.05) is 24.3 Å². The number of hydrogen-bond donors (Lipinski definition) is 3.